The van der Waals surface area contributed by atoms with Crippen LogP contribution in [0.25, 0.3) is 0 Å². The largest absolute Gasteiger partial charge is 0.481 e. The quantitative estimate of drug-likeness (QED) is 0.225. The highest BCUT2D eigenvalue weighted by molar-refractivity contribution is 5.74. The Labute approximate surface area is 181 Å². The van der Waals surface area contributed by atoms with E-state index in [2.05, 4.69) is 0 Å². The highest BCUT2D eigenvalue weighted by Gasteiger charge is 2.44. The number of carboxylic acid groups (broad SMARTS) is 1. The molecule has 2 saturated heterocycles. The van der Waals surface area contributed by atoms with E-state index in [1.54, 1.807) is 6.92 Å². The lowest BCUT2D eigenvalue weighted by Gasteiger charge is -2.40. The Morgan fingerprint density at radius 1 is 1.26 bits per heavy atom. The van der Waals surface area contributed by atoms with Crippen molar-refractivity contribution >= 4 is 11.9 Å². The van der Waals surface area contributed by atoms with Crippen LogP contribution in [-0.2, 0) is 23.8 Å². The summed E-state index contributed by atoms with van der Waals surface area (Å²) in [7, 11) is 0. The molecule has 0 spiro atoms. The number of aliphatic carboxylic acids is 1. The minimum absolute atomic E-state index is 0.0879. The second kappa shape index (κ2) is 11.3. The fraction of sp³-hybridized carbons (Fsp3) is 0.810. The van der Waals surface area contributed by atoms with Crippen LogP contribution in [0.1, 0.15) is 40.0 Å². The van der Waals surface area contributed by atoms with Gasteiger partial charge in [-0.25, -0.2) is 0 Å². The lowest BCUT2D eigenvalue weighted by Crippen LogP contribution is -2.59. The Hall–Kier alpha value is -1.56. The summed E-state index contributed by atoms with van der Waals surface area (Å²) in [5, 5.41) is 48.5. The van der Waals surface area contributed by atoms with Gasteiger partial charge in [0.15, 0.2) is 6.29 Å². The number of esters is 1. The van der Waals surface area contributed by atoms with Crippen molar-refractivity contribution in [2.45, 2.75) is 76.8 Å². The van der Waals surface area contributed by atoms with Crippen LogP contribution in [0.5, 0.6) is 0 Å². The molecule has 2 rings (SSSR count). The molecule has 0 amide bonds. The number of aliphatic hydroxyl groups excluding tert-OH is 4. The number of cyclic esters (lactones) is 1. The number of ether oxygens (including phenoxy) is 3. The van der Waals surface area contributed by atoms with E-state index < -0.39 is 55.1 Å². The molecule has 0 bridgehead atoms. The highest BCUT2D eigenvalue weighted by Crippen LogP contribution is 2.27. The first kappa shape index (κ1) is 25.7. The minimum atomic E-state index is -1.56. The standard InChI is InChI=1S/C21H34O10/c1-10(6-14-7-11(2)20(28)30-14)4-5-13(12(3)19(26)27)9-29-21-18(25)17(24)16(23)15(8-22)31-21/h4,11-18,21-25H,5-9H2,1-3H3,(H,26,27)/b10-4-/t11-,12+,13-,14-,15-,16+,17+,18-,21+/m0/s1. The summed E-state index contributed by atoms with van der Waals surface area (Å²) < 4.78 is 16.2. The first-order chi connectivity index (χ1) is 14.5. The van der Waals surface area contributed by atoms with Crippen molar-refractivity contribution in [3.63, 3.8) is 0 Å². The van der Waals surface area contributed by atoms with E-state index >= 15 is 0 Å². The molecule has 9 atom stereocenters. The second-order valence-electron chi connectivity index (χ2n) is 8.60. The topological polar surface area (TPSA) is 163 Å². The third kappa shape index (κ3) is 6.71. The molecule has 31 heavy (non-hydrogen) atoms. The van der Waals surface area contributed by atoms with Crippen LogP contribution < -0.4 is 0 Å². The van der Waals surface area contributed by atoms with Crippen molar-refractivity contribution < 1.29 is 49.3 Å². The van der Waals surface area contributed by atoms with Crippen LogP contribution in [0.2, 0.25) is 0 Å². The van der Waals surface area contributed by atoms with Crippen LogP contribution in [0.15, 0.2) is 11.6 Å². The Morgan fingerprint density at radius 3 is 2.48 bits per heavy atom. The third-order valence-corrected chi connectivity index (χ3v) is 6.04. The summed E-state index contributed by atoms with van der Waals surface area (Å²) in [4.78, 5) is 23.1. The maximum absolute atomic E-state index is 11.5. The van der Waals surface area contributed by atoms with Crippen molar-refractivity contribution in [3.05, 3.63) is 11.6 Å². The maximum Gasteiger partial charge on any atom is 0.309 e. The summed E-state index contributed by atoms with van der Waals surface area (Å²) in [5.74, 6) is -2.57. The molecular weight excluding hydrogens is 412 g/mol. The molecular formula is C21H34O10. The molecule has 0 aliphatic carbocycles. The molecule has 5 N–H and O–H groups in total. The molecule has 2 aliphatic rings. The SMILES string of the molecule is C/C(=C/C[C@@H](CO[C@@H]1O[C@@H](CO)[C@@H](O)[C@@H](O)[C@@H]1O)[C@@H](C)C(=O)O)C[C@H]1C[C@H](C)C(=O)O1. The van der Waals surface area contributed by atoms with Gasteiger partial charge < -0.3 is 39.7 Å². The molecule has 0 aromatic heterocycles. The van der Waals surface area contributed by atoms with Crippen LogP contribution in [0.4, 0.5) is 0 Å². The van der Waals surface area contributed by atoms with Crippen molar-refractivity contribution in [3.8, 4) is 0 Å². The highest BCUT2D eigenvalue weighted by atomic mass is 16.7. The van der Waals surface area contributed by atoms with Gasteiger partial charge in [-0.05, 0) is 25.7 Å². The zero-order valence-electron chi connectivity index (χ0n) is 18.1. The van der Waals surface area contributed by atoms with Crippen molar-refractivity contribution in [2.75, 3.05) is 13.2 Å². The van der Waals surface area contributed by atoms with E-state index in [0.29, 0.717) is 19.3 Å². The minimum Gasteiger partial charge on any atom is -0.481 e. The fourth-order valence-electron chi connectivity index (χ4n) is 3.78. The number of hydrogen-bond donors (Lipinski definition) is 5. The Kier molecular flexibility index (Phi) is 9.41. The number of hydrogen-bond acceptors (Lipinski definition) is 9. The fourth-order valence-corrected chi connectivity index (χ4v) is 3.78. The van der Waals surface area contributed by atoms with Crippen LogP contribution in [0, 0.1) is 17.8 Å². The van der Waals surface area contributed by atoms with Gasteiger partial charge in [-0.15, -0.1) is 0 Å². The van der Waals surface area contributed by atoms with E-state index in [-0.39, 0.29) is 24.6 Å². The van der Waals surface area contributed by atoms with Crippen molar-refractivity contribution in [1.29, 1.82) is 0 Å². The van der Waals surface area contributed by atoms with Crippen LogP contribution in [-0.4, -0.2) is 87.5 Å². The zero-order valence-corrected chi connectivity index (χ0v) is 18.1. The number of carboxylic acids is 1. The van der Waals surface area contributed by atoms with Gasteiger partial charge >= 0.3 is 11.9 Å². The summed E-state index contributed by atoms with van der Waals surface area (Å²) >= 11 is 0. The predicted octanol–water partition coefficient (Wildman–Crippen LogP) is -0.182. The smallest absolute Gasteiger partial charge is 0.309 e. The van der Waals surface area contributed by atoms with Crippen LogP contribution >= 0.6 is 0 Å². The average molecular weight is 446 g/mol. The Balaban J connectivity index is 1.97. The number of rotatable bonds is 10. The molecule has 0 saturated carbocycles. The molecule has 2 fully saturated rings. The predicted molar refractivity (Wildman–Crippen MR) is 107 cm³/mol. The molecule has 0 aromatic carbocycles. The summed E-state index contributed by atoms with van der Waals surface area (Å²) in [6.07, 6.45) is -3.73. The first-order valence-corrected chi connectivity index (χ1v) is 10.6. The molecule has 0 radical (unpaired) electrons. The van der Waals surface area contributed by atoms with Crippen molar-refractivity contribution in [2.24, 2.45) is 17.8 Å². The van der Waals surface area contributed by atoms with Crippen LogP contribution in [0.3, 0.4) is 0 Å². The third-order valence-electron chi connectivity index (χ3n) is 6.04. The Bertz CT molecular complexity index is 648. The lowest BCUT2D eigenvalue weighted by molar-refractivity contribution is -0.303. The monoisotopic (exact) mass is 446 g/mol. The van der Waals surface area contributed by atoms with Gasteiger partial charge in [0.05, 0.1) is 25.0 Å². The molecule has 2 aliphatic heterocycles. The van der Waals surface area contributed by atoms with Gasteiger partial charge in [-0.1, -0.05) is 25.5 Å². The Morgan fingerprint density at radius 2 is 1.94 bits per heavy atom. The number of carbonyl (C=O) groups excluding carboxylic acids is 1. The van der Waals surface area contributed by atoms with Gasteiger partial charge in [0.1, 0.15) is 30.5 Å². The van der Waals surface area contributed by atoms with E-state index in [0.717, 1.165) is 5.57 Å². The van der Waals surface area contributed by atoms with E-state index in [1.165, 1.54) is 0 Å². The van der Waals surface area contributed by atoms with E-state index in [9.17, 15) is 35.1 Å². The number of carbonyl (C=O) groups is 2. The van der Waals surface area contributed by atoms with E-state index in [1.807, 2.05) is 19.9 Å². The molecule has 178 valence electrons. The lowest BCUT2D eigenvalue weighted by atomic mass is 9.90. The van der Waals surface area contributed by atoms with E-state index in [4.69, 9.17) is 14.2 Å². The summed E-state index contributed by atoms with van der Waals surface area (Å²) in [5.41, 5.74) is 0.960. The molecule has 0 unspecified atom stereocenters. The number of allylic oxidation sites excluding steroid dienone is 1. The number of aliphatic hydroxyl groups is 4. The summed E-state index contributed by atoms with van der Waals surface area (Å²) in [6.45, 7) is 4.59. The first-order valence-electron chi connectivity index (χ1n) is 10.6. The van der Waals surface area contributed by atoms with Gasteiger partial charge in [-0.3, -0.25) is 9.59 Å². The average Bonchev–Trinajstić information content (AvgIpc) is 3.03. The molecule has 2 heterocycles. The maximum atomic E-state index is 11.5. The molecule has 10 heteroatoms. The second-order valence-corrected chi connectivity index (χ2v) is 8.60. The molecule has 0 aromatic rings. The van der Waals surface area contributed by atoms with Gasteiger partial charge in [0, 0.05) is 6.42 Å². The van der Waals surface area contributed by atoms with Crippen molar-refractivity contribution in [1.82, 2.24) is 0 Å². The molecule has 10 nitrogen and oxygen atoms in total. The van der Waals surface area contributed by atoms with Gasteiger partial charge in [0.2, 0.25) is 0 Å². The van der Waals surface area contributed by atoms with Gasteiger partial charge in [0.25, 0.3) is 0 Å². The summed E-state index contributed by atoms with van der Waals surface area (Å²) in [6, 6.07) is 0. The zero-order chi connectivity index (χ0) is 23.3. The van der Waals surface area contributed by atoms with Gasteiger partial charge in [-0.2, -0.15) is 0 Å². The normalized spacial score (nSPS) is 36.2.